The Balaban J connectivity index is 1.36. The van der Waals surface area contributed by atoms with Crippen LogP contribution in [-0.4, -0.2) is 120 Å². The Hall–Kier alpha value is -5.74. The predicted octanol–water partition coefficient (Wildman–Crippen LogP) is 5.59. The highest BCUT2D eigenvalue weighted by Gasteiger charge is 2.45. The number of imide groups is 1. The molecule has 4 N–H and O–H groups in total. The van der Waals surface area contributed by atoms with Gasteiger partial charge in [0.2, 0.25) is 17.7 Å². The fourth-order valence-corrected chi connectivity index (χ4v) is 9.38. The highest BCUT2D eigenvalue weighted by atomic mass is 16.5. The van der Waals surface area contributed by atoms with Crippen LogP contribution in [0, 0.1) is 29.6 Å². The van der Waals surface area contributed by atoms with Crippen LogP contribution in [0.25, 0.3) is 0 Å². The second-order valence-electron chi connectivity index (χ2n) is 18.3. The molecular weight excluding hydrogens is 859 g/mol. The Morgan fingerprint density at radius 2 is 1.51 bits per heavy atom. The molecule has 0 saturated heterocycles. The topological polar surface area (TPSA) is 218 Å². The van der Waals surface area contributed by atoms with E-state index in [2.05, 4.69) is 16.0 Å². The molecule has 0 bridgehead atoms. The van der Waals surface area contributed by atoms with Gasteiger partial charge in [-0.15, -0.1) is 0 Å². The van der Waals surface area contributed by atoms with Crippen molar-refractivity contribution < 1.29 is 52.9 Å². The van der Waals surface area contributed by atoms with Gasteiger partial charge in [0, 0.05) is 76.4 Å². The third-order valence-corrected chi connectivity index (χ3v) is 13.4. The monoisotopic (exact) mass is 930 g/mol. The summed E-state index contributed by atoms with van der Waals surface area (Å²) in [7, 11) is 4.69. The number of ketones is 1. The Morgan fingerprint density at radius 3 is 2.09 bits per heavy atom. The number of carbonyl (C=O) groups is 8. The standard InChI is InChI=1S/C51H71N5O11/c1-9-32(4)46(41(66-7)30-40(57)37-19-16-20-38(37)47(67-8)33(5)48(61)53-39(51(64)65)29-34-17-12-10-13-18-34)55(6)50(63)45(31(2)3)54-49(62)35-22-24-36(25-23-35)52-42(58)21-14-11-15-28-56-43(59)26-27-44(56)60/h10,12-13,17-18,22-27,31-33,37-39,41,45-47H,9,11,14-16,19-21,28-30H2,1-8H3,(H,52,58)(H,53,61)(H,54,62)(H,64,65)/t32-,33+,37?,38+,39-,41+,45-,46-,47+/m0/s1. The second-order valence-corrected chi connectivity index (χ2v) is 18.3. The first kappa shape index (κ1) is 53.9. The molecule has 2 aliphatic rings. The van der Waals surface area contributed by atoms with Gasteiger partial charge >= 0.3 is 5.97 Å². The number of rotatable bonds is 27. The molecule has 0 spiro atoms. The molecule has 6 amide bonds. The number of benzene rings is 2. The maximum Gasteiger partial charge on any atom is 0.326 e. The van der Waals surface area contributed by atoms with Crippen molar-refractivity contribution in [1.29, 1.82) is 0 Å². The Bertz CT molecular complexity index is 2040. The number of carboxylic acids is 1. The summed E-state index contributed by atoms with van der Waals surface area (Å²) in [5, 5.41) is 18.4. The third kappa shape index (κ3) is 14.9. The van der Waals surface area contributed by atoms with Crippen molar-refractivity contribution >= 4 is 52.9 Å². The highest BCUT2D eigenvalue weighted by Crippen LogP contribution is 2.40. The zero-order valence-electron chi connectivity index (χ0n) is 40.3. The lowest BCUT2D eigenvalue weighted by Gasteiger charge is -2.40. The van der Waals surface area contributed by atoms with E-state index >= 15 is 0 Å². The summed E-state index contributed by atoms with van der Waals surface area (Å²) in [6.07, 6.45) is 5.98. The fourth-order valence-electron chi connectivity index (χ4n) is 9.38. The number of anilines is 1. The van der Waals surface area contributed by atoms with E-state index < -0.39 is 60.0 Å². The van der Waals surface area contributed by atoms with Gasteiger partial charge in [0.05, 0.1) is 24.2 Å². The Morgan fingerprint density at radius 1 is 0.851 bits per heavy atom. The molecule has 2 aromatic rings. The molecule has 1 aliphatic carbocycles. The van der Waals surface area contributed by atoms with Gasteiger partial charge in [0.15, 0.2) is 0 Å². The van der Waals surface area contributed by atoms with Crippen molar-refractivity contribution in [3.8, 4) is 0 Å². The van der Waals surface area contributed by atoms with E-state index in [0.717, 1.165) is 12.0 Å². The second kappa shape index (κ2) is 26.0. The third-order valence-electron chi connectivity index (χ3n) is 13.4. The molecule has 16 heteroatoms. The van der Waals surface area contributed by atoms with Crippen molar-refractivity contribution in [3.05, 3.63) is 77.9 Å². The predicted molar refractivity (Wildman–Crippen MR) is 252 cm³/mol. The smallest absolute Gasteiger partial charge is 0.326 e. The normalized spacial score (nSPS) is 19.0. The average Bonchev–Trinajstić information content (AvgIpc) is 3.92. The molecular formula is C51H71N5O11. The van der Waals surface area contributed by atoms with Crippen LogP contribution in [0.4, 0.5) is 5.69 Å². The van der Waals surface area contributed by atoms with E-state index in [0.29, 0.717) is 56.3 Å². The number of Topliss-reactive ketones (excluding diaryl/α,β-unsaturated/α-hetero) is 1. The number of carboxylic acid groups (broad SMARTS) is 1. The maximum absolute atomic E-state index is 14.4. The van der Waals surface area contributed by atoms with Crippen molar-refractivity contribution in [2.75, 3.05) is 33.1 Å². The minimum absolute atomic E-state index is 0.00203. The van der Waals surface area contributed by atoms with Crippen LogP contribution in [0.2, 0.25) is 0 Å². The average molecular weight is 930 g/mol. The molecule has 1 unspecified atom stereocenters. The van der Waals surface area contributed by atoms with Gasteiger partial charge in [-0.3, -0.25) is 38.5 Å². The van der Waals surface area contributed by atoms with Crippen LogP contribution in [0.3, 0.4) is 0 Å². The number of carbonyl (C=O) groups excluding carboxylic acids is 7. The highest BCUT2D eigenvalue weighted by molar-refractivity contribution is 6.12. The van der Waals surface area contributed by atoms with E-state index in [1.165, 1.54) is 31.3 Å². The molecule has 9 atom stereocenters. The van der Waals surface area contributed by atoms with Gasteiger partial charge in [-0.2, -0.15) is 0 Å². The van der Waals surface area contributed by atoms with Crippen LogP contribution in [-0.2, 0) is 49.5 Å². The molecule has 1 heterocycles. The van der Waals surface area contributed by atoms with Crippen LogP contribution in [0.5, 0.6) is 0 Å². The largest absolute Gasteiger partial charge is 0.480 e. The van der Waals surface area contributed by atoms with E-state index in [4.69, 9.17) is 9.47 Å². The number of unbranched alkanes of at least 4 members (excludes halogenated alkanes) is 2. The zero-order chi connectivity index (χ0) is 49.4. The van der Waals surface area contributed by atoms with Gasteiger partial charge in [0.25, 0.3) is 17.7 Å². The minimum atomic E-state index is -1.15. The minimum Gasteiger partial charge on any atom is -0.480 e. The first-order valence-electron chi connectivity index (χ1n) is 23.6. The van der Waals surface area contributed by atoms with Gasteiger partial charge in [-0.05, 0) is 73.3 Å². The zero-order valence-corrected chi connectivity index (χ0v) is 40.3. The number of methoxy groups -OCH3 is 2. The van der Waals surface area contributed by atoms with Crippen molar-refractivity contribution in [1.82, 2.24) is 20.4 Å². The first-order chi connectivity index (χ1) is 31.9. The van der Waals surface area contributed by atoms with E-state index in [9.17, 15) is 43.5 Å². The molecule has 0 radical (unpaired) electrons. The summed E-state index contributed by atoms with van der Waals surface area (Å²) in [6.45, 7) is 9.68. The molecule has 0 aromatic heterocycles. The number of nitrogens with one attached hydrogen (secondary N) is 3. The number of aliphatic carboxylic acids is 1. The van der Waals surface area contributed by atoms with Crippen LogP contribution in [0.15, 0.2) is 66.7 Å². The molecule has 67 heavy (non-hydrogen) atoms. The SMILES string of the molecule is CC[C@H](C)[C@@H]([C@@H](CC(=O)C1CCC[C@H]1[C@H](OC)[C@@H](C)C(=O)N[C@@H](Cc1ccccc1)C(=O)O)OC)N(C)C(=O)[C@@H](NC(=O)c1ccc(NC(=O)CCCCCN2C(=O)C=CC2=O)cc1)C(C)C. The van der Waals surface area contributed by atoms with Gasteiger partial charge in [-0.25, -0.2) is 4.79 Å². The summed E-state index contributed by atoms with van der Waals surface area (Å²) in [5.74, 6) is -5.28. The van der Waals surface area contributed by atoms with Crippen molar-refractivity contribution in [2.45, 2.75) is 129 Å². The summed E-state index contributed by atoms with van der Waals surface area (Å²) >= 11 is 0. The Kier molecular flexibility index (Phi) is 20.9. The van der Waals surface area contributed by atoms with Crippen LogP contribution < -0.4 is 16.0 Å². The van der Waals surface area contributed by atoms with E-state index in [1.54, 1.807) is 55.3 Å². The maximum atomic E-state index is 14.4. The molecule has 1 saturated carbocycles. The molecule has 16 nitrogen and oxygen atoms in total. The number of nitrogens with zero attached hydrogens (tertiary/aromatic N) is 2. The molecule has 1 aliphatic heterocycles. The lowest BCUT2D eigenvalue weighted by Crippen LogP contribution is -2.57. The number of hydrogen-bond donors (Lipinski definition) is 4. The summed E-state index contributed by atoms with van der Waals surface area (Å²) in [5.41, 5.74) is 1.56. The number of likely N-dealkylation sites (N-methyl/N-ethyl adjacent to an activating group) is 1. The van der Waals surface area contributed by atoms with Gasteiger partial charge in [-0.1, -0.05) is 84.2 Å². The molecule has 4 rings (SSSR count). The van der Waals surface area contributed by atoms with Gasteiger partial charge in [0.1, 0.15) is 17.9 Å². The summed E-state index contributed by atoms with van der Waals surface area (Å²) < 4.78 is 12.0. The quantitative estimate of drug-likeness (QED) is 0.0640. The van der Waals surface area contributed by atoms with E-state index in [1.807, 2.05) is 45.9 Å². The number of amides is 6. The molecule has 1 fully saturated rings. The van der Waals surface area contributed by atoms with Gasteiger partial charge < -0.3 is 35.4 Å². The first-order valence-corrected chi connectivity index (χ1v) is 23.6. The molecule has 366 valence electrons. The molecule has 2 aromatic carbocycles. The van der Waals surface area contributed by atoms with Crippen molar-refractivity contribution in [2.24, 2.45) is 29.6 Å². The Labute approximate surface area is 395 Å². The summed E-state index contributed by atoms with van der Waals surface area (Å²) in [4.78, 5) is 107. The number of hydrogen-bond acceptors (Lipinski definition) is 10. The number of ether oxygens (including phenoxy) is 2. The van der Waals surface area contributed by atoms with Crippen LogP contribution in [0.1, 0.15) is 108 Å². The lowest BCUT2D eigenvalue weighted by molar-refractivity contribution is -0.145. The lowest BCUT2D eigenvalue weighted by atomic mass is 9.79. The fraction of sp³-hybridized carbons (Fsp3) is 0.569. The van der Waals surface area contributed by atoms with Crippen LogP contribution >= 0.6 is 0 Å². The van der Waals surface area contributed by atoms with E-state index in [-0.39, 0.29) is 66.4 Å². The summed E-state index contributed by atoms with van der Waals surface area (Å²) in [6, 6.07) is 12.8. The van der Waals surface area contributed by atoms with Crippen molar-refractivity contribution in [3.63, 3.8) is 0 Å².